The number of aryl methyl sites for hydroxylation is 3. The Morgan fingerprint density at radius 3 is 1.88 bits per heavy atom. The normalized spacial score (nSPS) is 8.65. The molecule has 0 aliphatic carbocycles. The Balaban J connectivity index is 0. The van der Waals surface area contributed by atoms with E-state index in [-0.39, 0.29) is 0 Å². The zero-order valence-electron chi connectivity index (χ0n) is 12.9. The third kappa shape index (κ3) is 8.91. The van der Waals surface area contributed by atoms with Gasteiger partial charge in [0.25, 0.3) is 0 Å². The van der Waals surface area contributed by atoms with Gasteiger partial charge in [0, 0.05) is 11.4 Å². The lowest BCUT2D eigenvalue weighted by Gasteiger charge is -2.04. The monoisotopic (exact) mass is 237 g/mol. The molecule has 0 radical (unpaired) electrons. The molecule has 0 fully saturated rings. The van der Waals surface area contributed by atoms with Crippen molar-refractivity contribution in [3.05, 3.63) is 29.1 Å². The molecule has 0 N–H and O–H groups in total. The van der Waals surface area contributed by atoms with Crippen molar-refractivity contribution in [2.45, 2.75) is 74.1 Å². The van der Waals surface area contributed by atoms with Crippen molar-refractivity contribution in [1.29, 1.82) is 0 Å². The Morgan fingerprint density at radius 2 is 1.41 bits per heavy atom. The third-order valence-electron chi connectivity index (χ3n) is 2.11. The molecule has 0 atom stereocenters. The van der Waals surface area contributed by atoms with Gasteiger partial charge in [0.05, 0.1) is 0 Å². The van der Waals surface area contributed by atoms with Crippen molar-refractivity contribution in [2.75, 3.05) is 0 Å². The average Bonchev–Trinajstić information content (AvgIpc) is 2.34. The van der Waals surface area contributed by atoms with Crippen LogP contribution >= 0.6 is 0 Å². The molecule has 0 aromatic carbocycles. The highest BCUT2D eigenvalue weighted by molar-refractivity contribution is 5.21. The van der Waals surface area contributed by atoms with Crippen molar-refractivity contribution < 1.29 is 0 Å². The van der Waals surface area contributed by atoms with Crippen molar-refractivity contribution in [2.24, 2.45) is 0 Å². The molecule has 0 unspecified atom stereocenters. The molecule has 0 bridgehead atoms. The fourth-order valence-electron chi connectivity index (χ4n) is 1.63. The van der Waals surface area contributed by atoms with E-state index < -0.39 is 0 Å². The van der Waals surface area contributed by atoms with Crippen LogP contribution in [-0.2, 0) is 12.8 Å². The van der Waals surface area contributed by atoms with Crippen LogP contribution in [0.25, 0.3) is 0 Å². The van der Waals surface area contributed by atoms with E-state index in [0.717, 1.165) is 12.1 Å². The largest absolute Gasteiger partial charge is 0.258 e. The van der Waals surface area contributed by atoms with Gasteiger partial charge in [0.15, 0.2) is 0 Å². The predicted molar refractivity (Wildman–Crippen MR) is 79.7 cm³/mol. The van der Waals surface area contributed by atoms with E-state index in [0.29, 0.717) is 0 Å². The highest BCUT2D eigenvalue weighted by atomic mass is 14.7. The van der Waals surface area contributed by atoms with Gasteiger partial charge in [-0.2, -0.15) is 0 Å². The maximum atomic E-state index is 4.51. The Bertz CT molecular complexity index is 242. The van der Waals surface area contributed by atoms with Crippen LogP contribution in [0, 0.1) is 6.92 Å². The molecule has 17 heavy (non-hydrogen) atoms. The molecule has 0 saturated carbocycles. The van der Waals surface area contributed by atoms with Gasteiger partial charge in [-0.05, 0) is 37.5 Å². The molecule has 100 valence electrons. The molecule has 0 aliphatic heterocycles. The van der Waals surface area contributed by atoms with Gasteiger partial charge in [-0.15, -0.1) is 0 Å². The zero-order valence-corrected chi connectivity index (χ0v) is 12.9. The fourth-order valence-corrected chi connectivity index (χ4v) is 1.63. The fraction of sp³-hybridized carbons (Fsp3) is 0.688. The summed E-state index contributed by atoms with van der Waals surface area (Å²) < 4.78 is 0. The minimum atomic E-state index is 1.11. The Kier molecular flexibility index (Phi) is 14.4. The van der Waals surface area contributed by atoms with E-state index >= 15 is 0 Å². The number of hydrogen-bond acceptors (Lipinski definition) is 1. The Hall–Kier alpha value is -0.850. The first-order valence-electron chi connectivity index (χ1n) is 7.22. The topological polar surface area (TPSA) is 12.9 Å². The lowest BCUT2D eigenvalue weighted by Crippen LogP contribution is -1.95. The van der Waals surface area contributed by atoms with Gasteiger partial charge in [-0.3, -0.25) is 4.98 Å². The number of hydrogen-bond donors (Lipinski definition) is 0. The molecule has 1 heteroatoms. The SMILES string of the molecule is CC.CC.CCCc1cc(C)nc(CCC)c1. The summed E-state index contributed by atoms with van der Waals surface area (Å²) >= 11 is 0. The van der Waals surface area contributed by atoms with Crippen LogP contribution < -0.4 is 0 Å². The first-order chi connectivity index (χ1) is 8.26. The van der Waals surface area contributed by atoms with E-state index in [2.05, 4.69) is 37.9 Å². The number of pyridine rings is 1. The molecule has 1 aromatic rings. The zero-order chi connectivity index (χ0) is 13.7. The summed E-state index contributed by atoms with van der Waals surface area (Å²) in [6.45, 7) is 14.5. The molecule has 1 aromatic heterocycles. The standard InChI is InChI=1S/C12H19N.2C2H6/c1-4-6-11-8-10(3)13-12(9-11)7-5-2;2*1-2/h8-9H,4-7H2,1-3H3;2*1-2H3. The van der Waals surface area contributed by atoms with Crippen LogP contribution in [0.15, 0.2) is 12.1 Å². The Labute approximate surface area is 109 Å². The summed E-state index contributed by atoms with van der Waals surface area (Å²) in [4.78, 5) is 4.51. The second kappa shape index (κ2) is 13.2. The van der Waals surface area contributed by atoms with Gasteiger partial charge in [0.2, 0.25) is 0 Å². The van der Waals surface area contributed by atoms with Crippen LogP contribution in [0.4, 0.5) is 0 Å². The van der Waals surface area contributed by atoms with E-state index in [1.165, 1.54) is 30.5 Å². The van der Waals surface area contributed by atoms with Gasteiger partial charge in [0.1, 0.15) is 0 Å². The summed E-state index contributed by atoms with van der Waals surface area (Å²) in [6, 6.07) is 4.45. The van der Waals surface area contributed by atoms with Crippen molar-refractivity contribution in [3.63, 3.8) is 0 Å². The van der Waals surface area contributed by atoms with Gasteiger partial charge < -0.3 is 0 Å². The first-order valence-corrected chi connectivity index (χ1v) is 7.22. The molecular formula is C16H31N. The molecule has 1 heterocycles. The maximum Gasteiger partial charge on any atom is 0.0409 e. The summed E-state index contributed by atoms with van der Waals surface area (Å²) in [7, 11) is 0. The highest BCUT2D eigenvalue weighted by Crippen LogP contribution is 2.09. The molecule has 0 amide bonds. The number of rotatable bonds is 4. The maximum absolute atomic E-state index is 4.51. The van der Waals surface area contributed by atoms with E-state index in [9.17, 15) is 0 Å². The van der Waals surface area contributed by atoms with E-state index in [1.54, 1.807) is 0 Å². The van der Waals surface area contributed by atoms with Gasteiger partial charge in [-0.1, -0.05) is 54.4 Å². The van der Waals surface area contributed by atoms with E-state index in [1.807, 2.05) is 27.7 Å². The minimum absolute atomic E-state index is 1.11. The molecule has 0 spiro atoms. The average molecular weight is 237 g/mol. The van der Waals surface area contributed by atoms with Crippen LogP contribution in [-0.4, -0.2) is 4.98 Å². The lowest BCUT2D eigenvalue weighted by molar-refractivity contribution is 0.853. The summed E-state index contributed by atoms with van der Waals surface area (Å²) in [5, 5.41) is 0. The summed E-state index contributed by atoms with van der Waals surface area (Å²) in [6.07, 6.45) is 4.69. The van der Waals surface area contributed by atoms with E-state index in [4.69, 9.17) is 0 Å². The van der Waals surface area contributed by atoms with Crippen molar-refractivity contribution >= 4 is 0 Å². The molecular weight excluding hydrogens is 206 g/mol. The second-order valence-corrected chi connectivity index (χ2v) is 3.61. The van der Waals surface area contributed by atoms with Crippen molar-refractivity contribution in [1.82, 2.24) is 4.98 Å². The van der Waals surface area contributed by atoms with Crippen LogP contribution in [0.1, 0.15) is 71.3 Å². The minimum Gasteiger partial charge on any atom is -0.258 e. The molecule has 0 saturated heterocycles. The smallest absolute Gasteiger partial charge is 0.0409 e. The number of nitrogens with zero attached hydrogens (tertiary/aromatic N) is 1. The van der Waals surface area contributed by atoms with Gasteiger partial charge >= 0.3 is 0 Å². The first kappa shape index (κ1) is 18.5. The Morgan fingerprint density at radius 1 is 0.882 bits per heavy atom. The highest BCUT2D eigenvalue weighted by Gasteiger charge is 1.98. The quantitative estimate of drug-likeness (QED) is 0.688. The second-order valence-electron chi connectivity index (χ2n) is 3.61. The predicted octanol–water partition coefficient (Wildman–Crippen LogP) is 5.35. The third-order valence-corrected chi connectivity index (χ3v) is 2.11. The van der Waals surface area contributed by atoms with Gasteiger partial charge in [-0.25, -0.2) is 0 Å². The molecule has 0 aliphatic rings. The van der Waals surface area contributed by atoms with Crippen LogP contribution in [0.5, 0.6) is 0 Å². The van der Waals surface area contributed by atoms with Crippen LogP contribution in [0.2, 0.25) is 0 Å². The number of aromatic nitrogens is 1. The van der Waals surface area contributed by atoms with Crippen molar-refractivity contribution in [3.8, 4) is 0 Å². The summed E-state index contributed by atoms with van der Waals surface area (Å²) in [5.41, 5.74) is 3.86. The molecule has 1 nitrogen and oxygen atoms in total. The molecule has 1 rings (SSSR count). The lowest BCUT2D eigenvalue weighted by atomic mass is 10.1. The summed E-state index contributed by atoms with van der Waals surface area (Å²) in [5.74, 6) is 0. The van der Waals surface area contributed by atoms with Crippen LogP contribution in [0.3, 0.4) is 0 Å².